The molecule has 25 heavy (non-hydrogen) atoms. The maximum Gasteiger partial charge on any atom is 0.210 e. The lowest BCUT2D eigenvalue weighted by Gasteiger charge is -2.28. The molecule has 0 aromatic heterocycles. The maximum absolute atomic E-state index is 13.0. The zero-order valence-corrected chi connectivity index (χ0v) is 17.0. The second-order valence-corrected chi connectivity index (χ2v) is 8.49. The Morgan fingerprint density at radius 2 is 1.56 bits per heavy atom. The van der Waals surface area contributed by atoms with Crippen molar-refractivity contribution < 1.29 is 13.2 Å². The van der Waals surface area contributed by atoms with Gasteiger partial charge >= 0.3 is 0 Å². The summed E-state index contributed by atoms with van der Waals surface area (Å²) in [4.78, 5) is 12.4. The van der Waals surface area contributed by atoms with Crippen molar-refractivity contribution in [2.45, 2.75) is 24.6 Å². The predicted octanol–water partition coefficient (Wildman–Crippen LogP) is 4.51. The lowest BCUT2D eigenvalue weighted by molar-refractivity contribution is -0.123. The zero-order valence-electron chi connectivity index (χ0n) is 13.8. The number of hydrogen-bond acceptors (Lipinski definition) is 3. The monoisotopic (exact) mass is 440 g/mol. The van der Waals surface area contributed by atoms with Crippen LogP contribution in [0.4, 0.5) is 0 Å². The summed E-state index contributed by atoms with van der Waals surface area (Å²) in [6.07, 6.45) is 0. The Morgan fingerprint density at radius 1 is 1.04 bits per heavy atom. The van der Waals surface area contributed by atoms with E-state index >= 15 is 0 Å². The molecule has 2 rings (SSSR count). The highest BCUT2D eigenvalue weighted by Gasteiger charge is 2.37. The molecule has 0 fully saturated rings. The molecule has 0 spiro atoms. The normalized spacial score (nSPS) is 13.8. The van der Waals surface area contributed by atoms with Crippen LogP contribution in [0.2, 0.25) is 5.02 Å². The number of hydrogen-bond donors (Lipinski definition) is 0. The molecule has 0 aliphatic rings. The third-order valence-corrected chi connectivity index (χ3v) is 5.94. The van der Waals surface area contributed by atoms with E-state index in [1.165, 1.54) is 0 Å². The number of carbonyl (C=O) groups is 1. The van der Waals surface area contributed by atoms with Crippen LogP contribution in [0.3, 0.4) is 0 Å². The summed E-state index contributed by atoms with van der Waals surface area (Å²) in [5.74, 6) is -0.473. The van der Waals surface area contributed by atoms with Gasteiger partial charge in [-0.15, -0.1) is 0 Å². The fraction of sp³-hybridized carbons (Fsp3) is 0.263. The molecule has 3 nitrogen and oxygen atoms in total. The molecule has 0 bridgehead atoms. The molecular weight excluding hydrogens is 424 g/mol. The first kappa shape index (κ1) is 19.9. The first-order chi connectivity index (χ1) is 11.7. The van der Waals surface area contributed by atoms with Crippen LogP contribution >= 0.6 is 27.5 Å². The highest BCUT2D eigenvalue weighted by molar-refractivity contribution is 9.10. The van der Waals surface area contributed by atoms with Crippen molar-refractivity contribution >= 4 is 49.0 Å². The van der Waals surface area contributed by atoms with Gasteiger partial charge in [-0.05, 0) is 37.1 Å². The van der Waals surface area contributed by atoms with Crippen molar-refractivity contribution in [3.05, 3.63) is 70.7 Å². The molecule has 0 heterocycles. The van der Waals surface area contributed by atoms with Crippen LogP contribution in [0.25, 0.3) is 0 Å². The minimum Gasteiger partial charge on any atom is -0.297 e. The topological polar surface area (TPSA) is 51.2 Å². The van der Waals surface area contributed by atoms with Gasteiger partial charge in [0, 0.05) is 16.3 Å². The number of halogens is 2. The Hall–Kier alpha value is -1.43. The molecule has 132 valence electrons. The van der Waals surface area contributed by atoms with Crippen LogP contribution in [-0.4, -0.2) is 24.4 Å². The second-order valence-electron chi connectivity index (χ2n) is 6.31. The van der Waals surface area contributed by atoms with Gasteiger partial charge in [-0.2, -0.15) is 8.42 Å². The number of benzene rings is 2. The Kier molecular flexibility index (Phi) is 6.60. The Morgan fingerprint density at radius 3 is 2.08 bits per heavy atom. The average molecular weight is 442 g/mol. The summed E-state index contributed by atoms with van der Waals surface area (Å²) in [6, 6.07) is 16.9. The van der Waals surface area contributed by atoms with Crippen molar-refractivity contribution in [2.75, 3.05) is 0 Å². The minimum atomic E-state index is -2.41. The van der Waals surface area contributed by atoms with Gasteiger partial charge in [0.1, 0.15) is 0 Å². The van der Waals surface area contributed by atoms with E-state index in [0.717, 1.165) is 16.5 Å². The van der Waals surface area contributed by atoms with Crippen LogP contribution in [-0.2, 0) is 15.1 Å². The van der Waals surface area contributed by atoms with Crippen molar-refractivity contribution in [3.63, 3.8) is 0 Å². The highest BCUT2D eigenvalue weighted by atomic mass is 79.9. The van der Waals surface area contributed by atoms with E-state index in [4.69, 9.17) is 11.6 Å². The molecule has 2 aromatic rings. The fourth-order valence-electron chi connectivity index (χ4n) is 2.67. The minimum absolute atomic E-state index is 0.208. The van der Waals surface area contributed by atoms with E-state index in [2.05, 4.69) is 15.9 Å². The zero-order chi connectivity index (χ0) is 18.6. The van der Waals surface area contributed by atoms with Gasteiger partial charge < -0.3 is 0 Å². The van der Waals surface area contributed by atoms with E-state index < -0.39 is 20.5 Å². The van der Waals surface area contributed by atoms with Gasteiger partial charge in [0.15, 0.2) is 5.78 Å². The van der Waals surface area contributed by atoms with Crippen LogP contribution < -0.4 is 0 Å². The number of Topliss-reactive ketones (excluding diaryl/α,β-unsaturated/α-hetero) is 1. The summed E-state index contributed by atoms with van der Waals surface area (Å²) in [7, 11) is -2.41. The summed E-state index contributed by atoms with van der Waals surface area (Å²) >= 11 is 9.51. The van der Waals surface area contributed by atoms with E-state index in [0.29, 0.717) is 5.02 Å². The molecule has 2 aromatic carbocycles. The van der Waals surface area contributed by atoms with Gasteiger partial charge in [-0.3, -0.25) is 4.79 Å². The first-order valence-electron chi connectivity index (χ1n) is 7.65. The molecule has 2 unspecified atom stereocenters. The van der Waals surface area contributed by atoms with Crippen molar-refractivity contribution in [2.24, 2.45) is 5.41 Å². The number of ketones is 1. The van der Waals surface area contributed by atoms with E-state index in [1.807, 2.05) is 42.5 Å². The molecule has 0 saturated carbocycles. The van der Waals surface area contributed by atoms with E-state index in [9.17, 15) is 13.2 Å². The van der Waals surface area contributed by atoms with Gasteiger partial charge in [-0.25, -0.2) is 0 Å². The molecule has 0 radical (unpaired) electrons. The molecule has 0 aliphatic heterocycles. The summed E-state index contributed by atoms with van der Waals surface area (Å²) in [6.45, 7) is 3.20. The highest BCUT2D eigenvalue weighted by Crippen LogP contribution is 2.36. The SMILES string of the molecule is CC(C)(C=S(=O)=O)C(=O)C(Br)C(c1ccccc1)c1ccc(Cl)cc1. The molecular formula is C19H18BrClO3S. The summed E-state index contributed by atoms with van der Waals surface area (Å²) in [5.41, 5.74) is 0.768. The summed E-state index contributed by atoms with van der Waals surface area (Å²) in [5, 5.41) is 1.65. The quantitative estimate of drug-likeness (QED) is 0.489. The molecule has 0 amide bonds. The van der Waals surface area contributed by atoms with Crippen LogP contribution in [0.5, 0.6) is 0 Å². The van der Waals surface area contributed by atoms with Crippen LogP contribution in [0.1, 0.15) is 30.9 Å². The van der Waals surface area contributed by atoms with Crippen LogP contribution in [0, 0.1) is 5.41 Å². The predicted molar refractivity (Wildman–Crippen MR) is 106 cm³/mol. The Bertz CT molecular complexity index is 867. The lowest BCUT2D eigenvalue weighted by Crippen LogP contribution is -2.36. The molecule has 2 atom stereocenters. The first-order valence-corrected chi connectivity index (χ1v) is 10.1. The summed E-state index contributed by atoms with van der Waals surface area (Å²) < 4.78 is 22.1. The largest absolute Gasteiger partial charge is 0.297 e. The lowest BCUT2D eigenvalue weighted by atomic mass is 9.80. The molecule has 6 heteroatoms. The molecule has 0 aliphatic carbocycles. The van der Waals surface area contributed by atoms with Gasteiger partial charge in [-0.1, -0.05) is 70.0 Å². The molecule has 0 N–H and O–H groups in total. The third-order valence-electron chi connectivity index (χ3n) is 3.96. The molecule has 0 saturated heterocycles. The van der Waals surface area contributed by atoms with Crippen molar-refractivity contribution in [1.82, 2.24) is 0 Å². The maximum atomic E-state index is 13.0. The van der Waals surface area contributed by atoms with Gasteiger partial charge in [0.2, 0.25) is 10.3 Å². The Labute approximate surface area is 162 Å². The standard InChI is InChI=1S/C19H18BrClO3S/c1-19(2,12-25(23)24)18(22)17(20)16(13-6-4-3-5-7-13)14-8-10-15(21)11-9-14/h3-12,16-17H,1-2H3. The number of carbonyl (C=O) groups excluding carboxylic acids is 1. The number of rotatable bonds is 6. The van der Waals surface area contributed by atoms with Crippen molar-refractivity contribution in [3.8, 4) is 0 Å². The Balaban J connectivity index is 2.50. The fourth-order valence-corrected chi connectivity index (χ4v) is 4.59. The third kappa shape index (κ3) is 5.03. The van der Waals surface area contributed by atoms with Crippen molar-refractivity contribution in [1.29, 1.82) is 0 Å². The van der Waals surface area contributed by atoms with E-state index in [1.54, 1.807) is 26.0 Å². The van der Waals surface area contributed by atoms with Gasteiger partial charge in [0.25, 0.3) is 0 Å². The van der Waals surface area contributed by atoms with Crippen LogP contribution in [0.15, 0.2) is 54.6 Å². The smallest absolute Gasteiger partial charge is 0.210 e. The van der Waals surface area contributed by atoms with Gasteiger partial charge in [0.05, 0.1) is 10.2 Å². The van der Waals surface area contributed by atoms with E-state index in [-0.39, 0.29) is 11.7 Å². The average Bonchev–Trinajstić information content (AvgIpc) is 2.56. The number of alkyl halides is 1. The second kappa shape index (κ2) is 8.30.